The first kappa shape index (κ1) is 27.4. The Labute approximate surface area is 234 Å². The summed E-state index contributed by atoms with van der Waals surface area (Å²) >= 11 is 0. The molecule has 6 heteroatoms. The maximum atomic E-state index is 12.2. The van der Waals surface area contributed by atoms with Crippen molar-refractivity contribution in [3.8, 4) is 5.75 Å². The molecule has 4 fully saturated rings. The minimum absolute atomic E-state index is 0.0369. The summed E-state index contributed by atoms with van der Waals surface area (Å²) in [6.07, 6.45) is 17.8. The van der Waals surface area contributed by atoms with Crippen LogP contribution < -0.4 is 10.1 Å². The highest BCUT2D eigenvalue weighted by atomic mass is 16.5. The van der Waals surface area contributed by atoms with E-state index >= 15 is 0 Å². The van der Waals surface area contributed by atoms with Crippen LogP contribution in [0.3, 0.4) is 0 Å². The zero-order valence-electron chi connectivity index (χ0n) is 24.0. The maximum Gasteiger partial charge on any atom is 0.155 e. The van der Waals surface area contributed by atoms with Gasteiger partial charge in [0.25, 0.3) is 0 Å². The van der Waals surface area contributed by atoms with E-state index in [0.29, 0.717) is 42.6 Å². The molecular weight excluding hydrogens is 488 g/mol. The fourth-order valence-corrected chi connectivity index (χ4v) is 9.48. The highest BCUT2D eigenvalue weighted by Gasteiger charge is 2.60. The highest BCUT2D eigenvalue weighted by molar-refractivity contribution is 5.91. The molecule has 0 spiro atoms. The van der Waals surface area contributed by atoms with Crippen molar-refractivity contribution >= 4 is 5.78 Å². The van der Waals surface area contributed by atoms with E-state index in [0.717, 1.165) is 83.2 Å². The van der Waals surface area contributed by atoms with Crippen molar-refractivity contribution in [1.82, 2.24) is 10.3 Å². The van der Waals surface area contributed by atoms with Gasteiger partial charge in [-0.1, -0.05) is 19.4 Å². The van der Waals surface area contributed by atoms with E-state index in [1.54, 1.807) is 0 Å². The number of hydrogen-bond acceptors (Lipinski definition) is 6. The lowest BCUT2D eigenvalue weighted by Crippen LogP contribution is -2.52. The Hall–Kier alpha value is -1.76. The van der Waals surface area contributed by atoms with Crippen molar-refractivity contribution in [1.29, 1.82) is 0 Å². The van der Waals surface area contributed by atoms with E-state index in [2.05, 4.69) is 30.2 Å². The quantitative estimate of drug-likeness (QED) is 0.428. The van der Waals surface area contributed by atoms with Gasteiger partial charge in [-0.2, -0.15) is 0 Å². The van der Waals surface area contributed by atoms with Crippen LogP contribution in [0.5, 0.6) is 5.75 Å². The molecule has 39 heavy (non-hydrogen) atoms. The molecule has 7 atom stereocenters. The van der Waals surface area contributed by atoms with Crippen LogP contribution in [-0.4, -0.2) is 47.8 Å². The van der Waals surface area contributed by atoms with Crippen LogP contribution in [0.1, 0.15) is 103 Å². The first-order chi connectivity index (χ1) is 18.9. The molecule has 214 valence electrons. The number of aliphatic hydroxyl groups is 1. The van der Waals surface area contributed by atoms with Crippen LogP contribution in [0.4, 0.5) is 0 Å². The van der Waals surface area contributed by atoms with E-state index in [1.165, 1.54) is 17.6 Å². The first-order valence-corrected chi connectivity index (χ1v) is 15.8. The summed E-state index contributed by atoms with van der Waals surface area (Å²) in [5.74, 6) is 3.01. The van der Waals surface area contributed by atoms with Crippen molar-refractivity contribution in [2.24, 2.45) is 28.6 Å². The Morgan fingerprint density at radius 2 is 1.95 bits per heavy atom. The minimum Gasteiger partial charge on any atom is -0.492 e. The lowest BCUT2D eigenvalue weighted by atomic mass is 9.46. The number of aliphatic hydroxyl groups excluding tert-OH is 1. The van der Waals surface area contributed by atoms with E-state index < -0.39 is 0 Å². The van der Waals surface area contributed by atoms with Gasteiger partial charge in [0.2, 0.25) is 0 Å². The normalized spacial score (nSPS) is 37.4. The topological polar surface area (TPSA) is 80.7 Å². The standard InChI is InChI=1S/C33H48N2O4/c1-3-30(35-24-10-15-38-16-11-24)22-18-26(21-34-20-22)39-17-14-33-13-9-28-27(29(33)6-7-31(33)37)5-4-23-19-25(36)8-12-32(23,28)2/h18-21,24,27-31,35,37H,3-17H2,1-2H3/t27?,28?,29?,30?,31?,32-,33+/m0/s1. The molecule has 5 unspecified atom stereocenters. The third-order valence-corrected chi connectivity index (χ3v) is 11.7. The second kappa shape index (κ2) is 11.3. The third kappa shape index (κ3) is 5.10. The average molecular weight is 537 g/mol. The van der Waals surface area contributed by atoms with Crippen LogP contribution in [0, 0.1) is 28.6 Å². The fourth-order valence-electron chi connectivity index (χ4n) is 9.48. The SMILES string of the molecule is CCC(NC1CCOCC1)c1cncc(OCC[C@]23CCC4C(CCC5=CC(=O)CC[C@@]54C)C2CCC3O)c1. The van der Waals surface area contributed by atoms with E-state index in [1.807, 2.05) is 18.5 Å². The fraction of sp³-hybridized carbons (Fsp3) is 0.758. The summed E-state index contributed by atoms with van der Waals surface area (Å²) in [5, 5.41) is 15.2. The molecule has 0 bridgehead atoms. The summed E-state index contributed by atoms with van der Waals surface area (Å²) in [4.78, 5) is 16.7. The van der Waals surface area contributed by atoms with Gasteiger partial charge < -0.3 is 19.9 Å². The number of carbonyl (C=O) groups excluding carboxylic acids is 1. The van der Waals surface area contributed by atoms with E-state index in [-0.39, 0.29) is 23.0 Å². The molecule has 6 nitrogen and oxygen atoms in total. The average Bonchev–Trinajstić information content (AvgIpc) is 3.29. The number of nitrogens with one attached hydrogen (secondary N) is 1. The zero-order valence-corrected chi connectivity index (χ0v) is 24.0. The molecule has 4 aliphatic carbocycles. The van der Waals surface area contributed by atoms with Crippen LogP contribution in [0.2, 0.25) is 0 Å². The molecule has 5 aliphatic rings. The van der Waals surface area contributed by atoms with Gasteiger partial charge >= 0.3 is 0 Å². The van der Waals surface area contributed by atoms with Gasteiger partial charge in [-0.15, -0.1) is 0 Å². The summed E-state index contributed by atoms with van der Waals surface area (Å²) in [6, 6.07) is 2.91. The molecule has 2 N–H and O–H groups in total. The number of rotatable bonds is 8. The van der Waals surface area contributed by atoms with Crippen molar-refractivity contribution in [3.05, 3.63) is 35.7 Å². The zero-order chi connectivity index (χ0) is 27.0. The Morgan fingerprint density at radius 1 is 1.10 bits per heavy atom. The van der Waals surface area contributed by atoms with Gasteiger partial charge in [-0.3, -0.25) is 9.78 Å². The molecule has 2 heterocycles. The highest BCUT2D eigenvalue weighted by Crippen LogP contribution is 2.66. The number of aromatic nitrogens is 1. The van der Waals surface area contributed by atoms with Crippen LogP contribution in [-0.2, 0) is 9.53 Å². The molecule has 3 saturated carbocycles. The van der Waals surface area contributed by atoms with Crippen molar-refractivity contribution in [2.75, 3.05) is 19.8 Å². The summed E-state index contributed by atoms with van der Waals surface area (Å²) in [7, 11) is 0. The Balaban J connectivity index is 1.12. The second-order valence-electron chi connectivity index (χ2n) is 13.4. The molecule has 1 saturated heterocycles. The Kier molecular flexibility index (Phi) is 7.91. The monoisotopic (exact) mass is 536 g/mol. The van der Waals surface area contributed by atoms with E-state index in [9.17, 15) is 9.90 Å². The molecule has 0 radical (unpaired) electrons. The third-order valence-electron chi connectivity index (χ3n) is 11.7. The number of ketones is 1. The number of nitrogens with zero attached hydrogens (tertiary/aromatic N) is 1. The Bertz CT molecular complexity index is 1070. The van der Waals surface area contributed by atoms with Gasteiger partial charge in [-0.25, -0.2) is 0 Å². The minimum atomic E-state index is -0.234. The van der Waals surface area contributed by atoms with Crippen LogP contribution in [0.25, 0.3) is 0 Å². The lowest BCUT2D eigenvalue weighted by molar-refractivity contribution is -0.118. The summed E-state index contributed by atoms with van der Waals surface area (Å²) < 4.78 is 11.9. The predicted octanol–water partition coefficient (Wildman–Crippen LogP) is 5.94. The van der Waals surface area contributed by atoms with Gasteiger partial charge in [0.05, 0.1) is 18.9 Å². The molecule has 1 aromatic rings. The number of ether oxygens (including phenoxy) is 2. The second-order valence-corrected chi connectivity index (χ2v) is 13.4. The number of carbonyl (C=O) groups is 1. The Morgan fingerprint density at radius 3 is 2.77 bits per heavy atom. The van der Waals surface area contributed by atoms with Gasteiger partial charge in [0.15, 0.2) is 5.78 Å². The lowest BCUT2D eigenvalue weighted by Gasteiger charge is -2.58. The molecule has 0 aromatic carbocycles. The number of fused-ring (bicyclic) bond motifs is 5. The van der Waals surface area contributed by atoms with Gasteiger partial charge in [0.1, 0.15) is 5.75 Å². The van der Waals surface area contributed by atoms with Crippen molar-refractivity contribution in [2.45, 2.75) is 109 Å². The molecule has 0 amide bonds. The number of allylic oxidation sites excluding steroid dienone is 1. The first-order valence-electron chi connectivity index (χ1n) is 15.8. The summed E-state index contributed by atoms with van der Waals surface area (Å²) in [5.41, 5.74) is 2.74. The number of hydrogen-bond donors (Lipinski definition) is 2. The van der Waals surface area contributed by atoms with Crippen LogP contribution in [0.15, 0.2) is 30.1 Å². The molecular formula is C33H48N2O4. The summed E-state index contributed by atoms with van der Waals surface area (Å²) in [6.45, 7) is 6.95. The predicted molar refractivity (Wildman–Crippen MR) is 151 cm³/mol. The largest absolute Gasteiger partial charge is 0.492 e. The maximum absolute atomic E-state index is 12.2. The van der Waals surface area contributed by atoms with Gasteiger partial charge in [0, 0.05) is 43.3 Å². The molecule has 1 aromatic heterocycles. The smallest absolute Gasteiger partial charge is 0.155 e. The number of pyridine rings is 1. The van der Waals surface area contributed by atoms with Crippen LogP contribution >= 0.6 is 0 Å². The van der Waals surface area contributed by atoms with E-state index in [4.69, 9.17) is 9.47 Å². The van der Waals surface area contributed by atoms with Crippen molar-refractivity contribution in [3.63, 3.8) is 0 Å². The van der Waals surface area contributed by atoms with Crippen molar-refractivity contribution < 1.29 is 19.4 Å². The van der Waals surface area contributed by atoms with Gasteiger partial charge in [-0.05, 0) is 112 Å². The molecule has 1 aliphatic heterocycles. The molecule has 6 rings (SSSR count).